The number of hydrogen-bond acceptors (Lipinski definition) is 7. The molecule has 1 atom stereocenters. The molecule has 42 heavy (non-hydrogen) atoms. The molecule has 1 unspecified atom stereocenters. The van der Waals surface area contributed by atoms with Crippen molar-refractivity contribution in [3.05, 3.63) is 83.4 Å². The van der Waals surface area contributed by atoms with E-state index in [4.69, 9.17) is 19.4 Å². The molecule has 10 heteroatoms. The molecule has 1 amide bonds. The van der Waals surface area contributed by atoms with E-state index in [2.05, 4.69) is 42.4 Å². The third-order valence-electron chi connectivity index (χ3n) is 6.64. The van der Waals surface area contributed by atoms with E-state index in [-0.39, 0.29) is 6.10 Å². The maximum Gasteiger partial charge on any atom is 0.411 e. The van der Waals surface area contributed by atoms with Crippen LogP contribution in [0.3, 0.4) is 0 Å². The molecule has 2 heterocycles. The molecule has 2 aromatic heterocycles. The monoisotopic (exact) mass is 578 g/mol. The fourth-order valence-electron chi connectivity index (χ4n) is 4.32. The Morgan fingerprint density at radius 2 is 1.76 bits per heavy atom. The molecule has 3 N–H and O–H groups in total. The SMILES string of the molecule is Cc1oc2ccc(NC(=O)OC(C)C)cc2c1CCN(C)CCc1cnn(C(C)C)c1.O=C(O)C(O)c1ccccc1. The summed E-state index contributed by atoms with van der Waals surface area (Å²) < 4.78 is 13.1. The van der Waals surface area contributed by atoms with Crippen LogP contribution in [0, 0.1) is 6.92 Å². The number of ether oxygens (including phenoxy) is 1. The minimum atomic E-state index is -1.41. The van der Waals surface area contributed by atoms with E-state index in [1.807, 2.05) is 49.8 Å². The first kappa shape index (κ1) is 32.4. The number of anilines is 1. The number of aliphatic carboxylic acids is 1. The lowest BCUT2D eigenvalue weighted by Crippen LogP contribution is -2.23. The fourth-order valence-corrected chi connectivity index (χ4v) is 4.32. The molecule has 0 saturated heterocycles. The minimum Gasteiger partial charge on any atom is -0.479 e. The summed E-state index contributed by atoms with van der Waals surface area (Å²) in [6, 6.07) is 14.3. The van der Waals surface area contributed by atoms with Crippen molar-refractivity contribution in [1.82, 2.24) is 14.7 Å². The number of nitrogens with zero attached hydrogens (tertiary/aromatic N) is 3. The first-order valence-corrected chi connectivity index (χ1v) is 14.1. The highest BCUT2D eigenvalue weighted by Crippen LogP contribution is 2.29. The molecule has 0 aliphatic rings. The van der Waals surface area contributed by atoms with Crippen LogP contribution < -0.4 is 5.32 Å². The van der Waals surface area contributed by atoms with Gasteiger partial charge in [-0.2, -0.15) is 5.10 Å². The van der Waals surface area contributed by atoms with Crippen molar-refractivity contribution in [2.75, 3.05) is 25.5 Å². The predicted molar refractivity (Wildman–Crippen MR) is 163 cm³/mol. The maximum absolute atomic E-state index is 11.9. The van der Waals surface area contributed by atoms with E-state index < -0.39 is 18.2 Å². The summed E-state index contributed by atoms with van der Waals surface area (Å²) in [5.41, 5.74) is 4.37. The molecule has 0 bridgehead atoms. The molecule has 4 aromatic rings. The third kappa shape index (κ3) is 9.46. The lowest BCUT2D eigenvalue weighted by atomic mass is 10.1. The quantitative estimate of drug-likeness (QED) is 0.198. The van der Waals surface area contributed by atoms with E-state index in [1.165, 1.54) is 11.1 Å². The highest BCUT2D eigenvalue weighted by molar-refractivity contribution is 5.91. The number of aliphatic hydroxyl groups is 1. The fraction of sp³-hybridized carbons (Fsp3) is 0.406. The summed E-state index contributed by atoms with van der Waals surface area (Å²) >= 11 is 0. The second-order valence-electron chi connectivity index (χ2n) is 10.8. The Morgan fingerprint density at radius 1 is 1.07 bits per heavy atom. The van der Waals surface area contributed by atoms with Gasteiger partial charge in [-0.15, -0.1) is 0 Å². The number of aromatic nitrogens is 2. The molecule has 4 rings (SSSR count). The van der Waals surface area contributed by atoms with E-state index in [0.29, 0.717) is 17.3 Å². The number of carbonyl (C=O) groups is 2. The average molecular weight is 579 g/mol. The van der Waals surface area contributed by atoms with Crippen molar-refractivity contribution >= 4 is 28.7 Å². The Bertz CT molecular complexity index is 1440. The smallest absolute Gasteiger partial charge is 0.411 e. The number of carboxylic acid groups (broad SMARTS) is 1. The van der Waals surface area contributed by atoms with Crippen LogP contribution in [0.5, 0.6) is 0 Å². The zero-order valence-electron chi connectivity index (χ0n) is 25.2. The number of benzene rings is 2. The van der Waals surface area contributed by atoms with Crippen LogP contribution in [0.15, 0.2) is 65.3 Å². The van der Waals surface area contributed by atoms with Crippen molar-refractivity contribution < 1.29 is 29.0 Å². The Kier molecular flexibility index (Phi) is 11.7. The number of aliphatic hydroxyl groups excluding tert-OH is 1. The number of hydrogen-bond donors (Lipinski definition) is 3. The van der Waals surface area contributed by atoms with Crippen LogP contribution in [-0.4, -0.2) is 63.2 Å². The number of aryl methyl sites for hydroxylation is 1. The van der Waals surface area contributed by atoms with Crippen LogP contribution in [0.1, 0.15) is 62.3 Å². The van der Waals surface area contributed by atoms with Crippen LogP contribution in [0.25, 0.3) is 11.0 Å². The second kappa shape index (κ2) is 15.2. The molecule has 0 saturated carbocycles. The number of amides is 1. The molecule has 226 valence electrons. The lowest BCUT2D eigenvalue weighted by Gasteiger charge is -2.16. The van der Waals surface area contributed by atoms with Gasteiger partial charge in [0.05, 0.1) is 12.3 Å². The molecule has 2 aromatic carbocycles. The number of carbonyl (C=O) groups excluding carboxylic acids is 1. The number of rotatable bonds is 11. The number of nitrogens with one attached hydrogen (secondary N) is 1. The summed E-state index contributed by atoms with van der Waals surface area (Å²) in [7, 11) is 2.14. The van der Waals surface area contributed by atoms with Crippen LogP contribution >= 0.6 is 0 Å². The first-order valence-electron chi connectivity index (χ1n) is 14.1. The third-order valence-corrected chi connectivity index (χ3v) is 6.64. The molecule has 0 radical (unpaired) electrons. The van der Waals surface area contributed by atoms with E-state index in [0.717, 1.165) is 42.7 Å². The Balaban J connectivity index is 0.000000369. The van der Waals surface area contributed by atoms with Gasteiger partial charge in [0.25, 0.3) is 0 Å². The molecule has 0 aliphatic carbocycles. The van der Waals surface area contributed by atoms with Crippen molar-refractivity contribution in [1.29, 1.82) is 0 Å². The highest BCUT2D eigenvalue weighted by atomic mass is 16.6. The van der Waals surface area contributed by atoms with Gasteiger partial charge in [-0.25, -0.2) is 9.59 Å². The maximum atomic E-state index is 11.9. The van der Waals surface area contributed by atoms with Gasteiger partial charge in [0, 0.05) is 42.0 Å². The van der Waals surface area contributed by atoms with Crippen LogP contribution in [-0.2, 0) is 22.4 Å². The topological polar surface area (TPSA) is 130 Å². The molecule has 0 aliphatic heterocycles. The second-order valence-corrected chi connectivity index (χ2v) is 10.8. The van der Waals surface area contributed by atoms with Crippen LogP contribution in [0.2, 0.25) is 0 Å². The van der Waals surface area contributed by atoms with Gasteiger partial charge in [-0.1, -0.05) is 30.3 Å². The van der Waals surface area contributed by atoms with E-state index in [9.17, 15) is 9.59 Å². The van der Waals surface area contributed by atoms with Crippen LogP contribution in [0.4, 0.5) is 10.5 Å². The van der Waals surface area contributed by atoms with Crippen molar-refractivity contribution in [3.8, 4) is 0 Å². The number of fused-ring (bicyclic) bond motifs is 1. The average Bonchev–Trinajstić information content (AvgIpc) is 3.54. The Labute approximate surface area is 246 Å². The first-order chi connectivity index (χ1) is 19.9. The van der Waals surface area contributed by atoms with Gasteiger partial charge in [0.15, 0.2) is 6.10 Å². The lowest BCUT2D eigenvalue weighted by molar-refractivity contribution is -0.146. The summed E-state index contributed by atoms with van der Waals surface area (Å²) in [6.07, 6.45) is 3.92. The van der Waals surface area contributed by atoms with Crippen molar-refractivity contribution in [2.45, 2.75) is 65.7 Å². The highest BCUT2D eigenvalue weighted by Gasteiger charge is 2.15. The van der Waals surface area contributed by atoms with Gasteiger partial charge in [-0.05, 0) is 83.8 Å². The zero-order chi connectivity index (χ0) is 30.8. The standard InChI is InChI=1S/C24H34N4O3.C8H8O3/c1-16(2)28-15-19(14-25-28)9-11-27(6)12-10-21-18(5)31-23-8-7-20(13-22(21)23)26-24(29)30-17(3)4;9-7(8(10)11)6-4-2-1-3-5-6/h7-8,13-17H,9-12H2,1-6H3,(H,26,29);1-5,7,9H,(H,10,11). The minimum absolute atomic E-state index is 0.161. The molecule has 0 spiro atoms. The van der Waals surface area contributed by atoms with Gasteiger partial charge in [0.2, 0.25) is 0 Å². The molecule has 10 nitrogen and oxygen atoms in total. The van der Waals surface area contributed by atoms with Gasteiger partial charge in [0.1, 0.15) is 11.3 Å². The van der Waals surface area contributed by atoms with Gasteiger partial charge < -0.3 is 24.3 Å². The Morgan fingerprint density at radius 3 is 2.38 bits per heavy atom. The van der Waals surface area contributed by atoms with Crippen molar-refractivity contribution in [2.24, 2.45) is 0 Å². The summed E-state index contributed by atoms with van der Waals surface area (Å²) in [6.45, 7) is 11.8. The predicted octanol–water partition coefficient (Wildman–Crippen LogP) is 6.00. The Hall–Kier alpha value is -4.15. The molecular weight excluding hydrogens is 536 g/mol. The van der Waals surface area contributed by atoms with Gasteiger partial charge >= 0.3 is 12.1 Å². The molecule has 0 fully saturated rings. The van der Waals surface area contributed by atoms with E-state index in [1.54, 1.807) is 30.3 Å². The van der Waals surface area contributed by atoms with Crippen molar-refractivity contribution in [3.63, 3.8) is 0 Å². The zero-order valence-corrected chi connectivity index (χ0v) is 25.2. The summed E-state index contributed by atoms with van der Waals surface area (Å²) in [4.78, 5) is 24.5. The molecular formula is C32H42N4O6. The number of furan rings is 1. The van der Waals surface area contributed by atoms with Gasteiger partial charge in [-0.3, -0.25) is 10.00 Å². The largest absolute Gasteiger partial charge is 0.479 e. The normalized spacial score (nSPS) is 12.0. The summed E-state index contributed by atoms with van der Waals surface area (Å²) in [5, 5.41) is 25.6. The number of carboxylic acids is 1. The van der Waals surface area contributed by atoms with E-state index >= 15 is 0 Å². The number of likely N-dealkylation sites (N-methyl/N-ethyl adjacent to an activating group) is 1. The summed E-state index contributed by atoms with van der Waals surface area (Å²) in [5.74, 6) is -0.306.